The van der Waals surface area contributed by atoms with Crippen molar-refractivity contribution in [3.63, 3.8) is 0 Å². The number of sulfonamides is 1. The first kappa shape index (κ1) is 22.9. The van der Waals surface area contributed by atoms with Crippen LogP contribution in [0.25, 0.3) is 0 Å². The second kappa shape index (κ2) is 9.07. The van der Waals surface area contributed by atoms with E-state index in [9.17, 15) is 18.0 Å². The van der Waals surface area contributed by atoms with Gasteiger partial charge in [-0.25, -0.2) is 8.42 Å². The predicted molar refractivity (Wildman–Crippen MR) is 127 cm³/mol. The molecule has 34 heavy (non-hydrogen) atoms. The lowest BCUT2D eigenvalue weighted by molar-refractivity contribution is -0.125. The summed E-state index contributed by atoms with van der Waals surface area (Å²) in [5, 5.41) is 2.81. The molecule has 5 rings (SSSR count). The summed E-state index contributed by atoms with van der Waals surface area (Å²) >= 11 is 0. The Morgan fingerprint density at radius 3 is 2.56 bits per heavy atom. The molecular formula is C24H30N4O5S. The lowest BCUT2D eigenvalue weighted by Crippen LogP contribution is -2.57. The summed E-state index contributed by atoms with van der Waals surface area (Å²) in [6, 6.07) is 8.28. The van der Waals surface area contributed by atoms with E-state index in [0.717, 1.165) is 50.1 Å². The summed E-state index contributed by atoms with van der Waals surface area (Å²) in [7, 11) is -3.65. The van der Waals surface area contributed by atoms with Crippen LogP contribution in [-0.4, -0.2) is 56.8 Å². The smallest absolute Gasteiger partial charge is 0.250 e. The molecule has 3 aliphatic rings. The summed E-state index contributed by atoms with van der Waals surface area (Å²) in [5.41, 5.74) is 1.28. The quantitative estimate of drug-likeness (QED) is 0.673. The number of carbonyl (C=O) groups excluding carboxylic acids is 2. The van der Waals surface area contributed by atoms with E-state index in [4.69, 9.17) is 4.42 Å². The molecule has 1 aromatic heterocycles. The van der Waals surface area contributed by atoms with Gasteiger partial charge in [0.15, 0.2) is 0 Å². The van der Waals surface area contributed by atoms with Crippen LogP contribution in [0, 0.1) is 6.92 Å². The third-order valence-electron chi connectivity index (χ3n) is 6.86. The number of hydrogen-bond donors (Lipinski definition) is 1. The van der Waals surface area contributed by atoms with Crippen molar-refractivity contribution < 1.29 is 22.4 Å². The Kier molecular flexibility index (Phi) is 6.11. The van der Waals surface area contributed by atoms with Crippen molar-refractivity contribution in [2.75, 3.05) is 36.0 Å². The number of anilines is 2. The summed E-state index contributed by atoms with van der Waals surface area (Å²) in [4.78, 5) is 30.0. The van der Waals surface area contributed by atoms with Gasteiger partial charge in [-0.2, -0.15) is 4.31 Å². The van der Waals surface area contributed by atoms with Crippen molar-refractivity contribution in [2.24, 2.45) is 0 Å². The minimum absolute atomic E-state index is 0.160. The van der Waals surface area contributed by atoms with E-state index in [2.05, 4.69) is 10.2 Å². The zero-order chi connectivity index (χ0) is 23.9. The van der Waals surface area contributed by atoms with Crippen LogP contribution in [0.2, 0.25) is 0 Å². The van der Waals surface area contributed by atoms with Gasteiger partial charge < -0.3 is 14.6 Å². The van der Waals surface area contributed by atoms with Crippen LogP contribution in [0.4, 0.5) is 11.4 Å². The summed E-state index contributed by atoms with van der Waals surface area (Å²) in [6.07, 6.45) is 4.33. The van der Waals surface area contributed by atoms with Crippen molar-refractivity contribution in [3.8, 4) is 0 Å². The monoisotopic (exact) mass is 486 g/mol. The fraction of sp³-hybridized carbons (Fsp3) is 0.500. The molecule has 1 N–H and O–H groups in total. The average Bonchev–Trinajstić information content (AvgIpc) is 3.52. The number of amides is 2. The van der Waals surface area contributed by atoms with Gasteiger partial charge in [-0.3, -0.25) is 14.5 Å². The summed E-state index contributed by atoms with van der Waals surface area (Å²) < 4.78 is 33.4. The largest absolute Gasteiger partial charge is 0.465 e. The number of hydrogen-bond acceptors (Lipinski definition) is 6. The third kappa shape index (κ3) is 4.20. The number of nitrogens with one attached hydrogen (secondary N) is 1. The normalized spacial score (nSPS) is 20.9. The molecule has 2 amide bonds. The molecule has 2 aromatic rings. The van der Waals surface area contributed by atoms with Crippen LogP contribution in [0.5, 0.6) is 0 Å². The molecule has 1 aromatic carbocycles. The first-order valence-corrected chi connectivity index (χ1v) is 13.3. The maximum absolute atomic E-state index is 13.5. The molecule has 10 heteroatoms. The minimum Gasteiger partial charge on any atom is -0.465 e. The SMILES string of the molecule is Cc1ccc(CNC(=O)CN2C(=O)[C@H]3CCCCN3c3ccc(S(=O)(=O)N4CCCC4)cc32)o1. The molecular weight excluding hydrogens is 456 g/mol. The predicted octanol–water partition coefficient (Wildman–Crippen LogP) is 2.39. The Labute approximate surface area is 199 Å². The number of fused-ring (bicyclic) bond motifs is 3. The zero-order valence-corrected chi connectivity index (χ0v) is 20.1. The van der Waals surface area contributed by atoms with Crippen LogP contribution in [0.15, 0.2) is 39.6 Å². The molecule has 2 fully saturated rings. The van der Waals surface area contributed by atoms with Gasteiger partial charge in [-0.1, -0.05) is 0 Å². The van der Waals surface area contributed by atoms with Crippen molar-refractivity contribution in [3.05, 3.63) is 41.9 Å². The molecule has 0 saturated carbocycles. The van der Waals surface area contributed by atoms with Gasteiger partial charge in [0.1, 0.15) is 24.1 Å². The Morgan fingerprint density at radius 2 is 1.82 bits per heavy atom. The van der Waals surface area contributed by atoms with E-state index in [0.29, 0.717) is 24.5 Å². The maximum Gasteiger partial charge on any atom is 0.250 e. The first-order chi connectivity index (χ1) is 16.3. The molecule has 9 nitrogen and oxygen atoms in total. The van der Waals surface area contributed by atoms with E-state index >= 15 is 0 Å². The number of piperidine rings is 1. The first-order valence-electron chi connectivity index (χ1n) is 11.9. The molecule has 0 radical (unpaired) electrons. The van der Waals surface area contributed by atoms with E-state index in [1.165, 1.54) is 9.21 Å². The van der Waals surface area contributed by atoms with Gasteiger partial charge >= 0.3 is 0 Å². The van der Waals surface area contributed by atoms with E-state index in [-0.39, 0.29) is 35.8 Å². The highest BCUT2D eigenvalue weighted by atomic mass is 32.2. The maximum atomic E-state index is 13.5. The van der Waals surface area contributed by atoms with Gasteiger partial charge in [0.25, 0.3) is 0 Å². The van der Waals surface area contributed by atoms with Crippen LogP contribution < -0.4 is 15.1 Å². The standard InChI is InChI=1S/C24H30N4O5S/c1-17-7-8-18(33-17)15-25-23(29)16-28-22-14-19(34(31,32)26-11-4-5-12-26)9-10-20(22)27-13-3-2-6-21(27)24(28)30/h7-10,14,21H,2-6,11-13,15-16H2,1H3,(H,25,29)/t21-/m1/s1. The molecule has 4 heterocycles. The second-order valence-corrected chi connectivity index (χ2v) is 11.1. The highest BCUT2D eigenvalue weighted by Crippen LogP contribution is 2.41. The topological polar surface area (TPSA) is 103 Å². The highest BCUT2D eigenvalue weighted by molar-refractivity contribution is 7.89. The minimum atomic E-state index is -3.65. The zero-order valence-electron chi connectivity index (χ0n) is 19.3. The highest BCUT2D eigenvalue weighted by Gasteiger charge is 2.41. The summed E-state index contributed by atoms with van der Waals surface area (Å²) in [6.45, 7) is 3.62. The molecule has 0 unspecified atom stereocenters. The average molecular weight is 487 g/mol. The number of furan rings is 1. The van der Waals surface area contributed by atoms with Gasteiger partial charge in [0.05, 0.1) is 22.8 Å². The molecule has 0 spiro atoms. The molecule has 0 aliphatic carbocycles. The number of benzene rings is 1. The van der Waals surface area contributed by atoms with Crippen molar-refractivity contribution in [1.29, 1.82) is 0 Å². The molecule has 2 saturated heterocycles. The fourth-order valence-electron chi connectivity index (χ4n) is 5.10. The summed E-state index contributed by atoms with van der Waals surface area (Å²) in [5.74, 6) is 0.902. The lowest BCUT2D eigenvalue weighted by atomic mass is 9.96. The Hall–Kier alpha value is -2.85. The Morgan fingerprint density at radius 1 is 1.06 bits per heavy atom. The van der Waals surface area contributed by atoms with Gasteiger partial charge in [0.2, 0.25) is 21.8 Å². The van der Waals surface area contributed by atoms with Crippen LogP contribution in [0.3, 0.4) is 0 Å². The number of carbonyl (C=O) groups is 2. The van der Waals surface area contributed by atoms with Gasteiger partial charge in [-0.05, 0) is 69.4 Å². The molecule has 1 atom stereocenters. The molecule has 0 bridgehead atoms. The number of nitrogens with zero attached hydrogens (tertiary/aromatic N) is 3. The van der Waals surface area contributed by atoms with Crippen LogP contribution >= 0.6 is 0 Å². The number of aryl methyl sites for hydroxylation is 1. The third-order valence-corrected chi connectivity index (χ3v) is 8.76. The van der Waals surface area contributed by atoms with E-state index in [1.807, 2.05) is 13.0 Å². The second-order valence-electron chi connectivity index (χ2n) is 9.18. The lowest BCUT2D eigenvalue weighted by Gasteiger charge is -2.45. The Balaban J connectivity index is 1.44. The van der Waals surface area contributed by atoms with Crippen molar-refractivity contribution in [2.45, 2.75) is 56.5 Å². The van der Waals surface area contributed by atoms with Gasteiger partial charge in [0, 0.05) is 19.6 Å². The van der Waals surface area contributed by atoms with Crippen LogP contribution in [0.1, 0.15) is 43.6 Å². The molecule has 3 aliphatic heterocycles. The van der Waals surface area contributed by atoms with E-state index < -0.39 is 10.0 Å². The van der Waals surface area contributed by atoms with E-state index in [1.54, 1.807) is 24.3 Å². The van der Waals surface area contributed by atoms with Crippen molar-refractivity contribution in [1.82, 2.24) is 9.62 Å². The van der Waals surface area contributed by atoms with Crippen molar-refractivity contribution >= 4 is 33.2 Å². The van der Waals surface area contributed by atoms with Crippen LogP contribution in [-0.2, 0) is 26.2 Å². The van der Waals surface area contributed by atoms with Gasteiger partial charge in [-0.15, -0.1) is 0 Å². The fourth-order valence-corrected chi connectivity index (χ4v) is 6.64. The Bertz CT molecular complexity index is 1200. The number of rotatable bonds is 6. The molecule has 182 valence electrons.